The van der Waals surface area contributed by atoms with Crippen LogP contribution in [0.25, 0.3) is 5.65 Å². The van der Waals surface area contributed by atoms with Gasteiger partial charge in [0, 0.05) is 13.1 Å². The fourth-order valence-corrected chi connectivity index (χ4v) is 3.31. The number of amides is 2. The molecule has 3 aromatic heterocycles. The maximum Gasteiger partial charge on any atom is 0.315 e. The molecule has 1 aliphatic rings. The average Bonchev–Trinajstić information content (AvgIpc) is 3.33. The number of nitrogens with zero attached hydrogens (tertiary/aromatic N) is 5. The van der Waals surface area contributed by atoms with Crippen molar-refractivity contribution in [1.82, 2.24) is 35.4 Å². The molecule has 0 unspecified atom stereocenters. The van der Waals surface area contributed by atoms with Crippen molar-refractivity contribution < 1.29 is 9.32 Å². The number of hydrogen-bond acceptors (Lipinski definition) is 6. The number of urea groups is 1. The van der Waals surface area contributed by atoms with Crippen molar-refractivity contribution in [1.29, 1.82) is 0 Å². The monoisotopic (exact) mass is 341 g/mol. The Morgan fingerprint density at radius 2 is 2.16 bits per heavy atom. The van der Waals surface area contributed by atoms with Gasteiger partial charge in [0.2, 0.25) is 5.89 Å². The Labute approximate surface area is 143 Å². The Morgan fingerprint density at radius 3 is 2.92 bits per heavy atom. The van der Waals surface area contributed by atoms with Crippen molar-refractivity contribution in [2.24, 2.45) is 0 Å². The first-order chi connectivity index (χ1) is 12.2. The lowest BCUT2D eigenvalue weighted by atomic mass is 9.97. The molecule has 2 N–H and O–H groups in total. The van der Waals surface area contributed by atoms with Crippen molar-refractivity contribution in [3.05, 3.63) is 41.9 Å². The molecule has 0 bridgehead atoms. The molecule has 3 aromatic rings. The fourth-order valence-electron chi connectivity index (χ4n) is 3.31. The third-order valence-corrected chi connectivity index (χ3v) is 4.56. The maximum absolute atomic E-state index is 12.4. The lowest BCUT2D eigenvalue weighted by Gasteiger charge is -2.26. The van der Waals surface area contributed by atoms with E-state index in [9.17, 15) is 4.79 Å². The highest BCUT2D eigenvalue weighted by Gasteiger charge is 2.41. The minimum Gasteiger partial charge on any atom is -0.340 e. The molecule has 0 radical (unpaired) electrons. The number of nitrogens with one attached hydrogen (secondary N) is 2. The summed E-state index contributed by atoms with van der Waals surface area (Å²) in [6.45, 7) is 2.02. The molecule has 1 saturated carbocycles. The van der Waals surface area contributed by atoms with Crippen molar-refractivity contribution in [3.63, 3.8) is 0 Å². The van der Waals surface area contributed by atoms with Crippen LogP contribution < -0.4 is 10.6 Å². The van der Waals surface area contributed by atoms with Crippen LogP contribution in [0.5, 0.6) is 0 Å². The summed E-state index contributed by atoms with van der Waals surface area (Å²) in [6.07, 6.45) is 5.50. The van der Waals surface area contributed by atoms with Crippen LogP contribution in [0.2, 0.25) is 0 Å². The van der Waals surface area contributed by atoms with E-state index in [1.54, 1.807) is 6.92 Å². The van der Waals surface area contributed by atoms with Crippen LogP contribution in [0.3, 0.4) is 0 Å². The highest BCUT2D eigenvalue weighted by atomic mass is 16.5. The SMILES string of the molecule is Cc1nc(C2(NC(=O)NCc3nnc4ccccn34)CCCC2)no1. The number of aryl methyl sites for hydroxylation is 1. The van der Waals surface area contributed by atoms with E-state index < -0.39 is 5.54 Å². The van der Waals surface area contributed by atoms with Crippen LogP contribution in [0.1, 0.15) is 43.2 Å². The molecule has 1 aliphatic carbocycles. The molecule has 130 valence electrons. The molecule has 9 heteroatoms. The van der Waals surface area contributed by atoms with Gasteiger partial charge in [-0.15, -0.1) is 10.2 Å². The molecule has 25 heavy (non-hydrogen) atoms. The van der Waals surface area contributed by atoms with E-state index in [-0.39, 0.29) is 12.6 Å². The second-order valence-corrected chi connectivity index (χ2v) is 6.28. The number of pyridine rings is 1. The first-order valence-electron chi connectivity index (χ1n) is 8.32. The summed E-state index contributed by atoms with van der Waals surface area (Å²) < 4.78 is 6.94. The zero-order valence-corrected chi connectivity index (χ0v) is 13.9. The summed E-state index contributed by atoms with van der Waals surface area (Å²) in [5.74, 6) is 1.71. The van der Waals surface area contributed by atoms with Gasteiger partial charge in [0.1, 0.15) is 5.54 Å². The molecule has 0 spiro atoms. The Kier molecular flexibility index (Phi) is 3.83. The van der Waals surface area contributed by atoms with Gasteiger partial charge in [0.05, 0.1) is 6.54 Å². The summed E-state index contributed by atoms with van der Waals surface area (Å²) in [6, 6.07) is 5.37. The Morgan fingerprint density at radius 1 is 1.32 bits per heavy atom. The van der Waals surface area contributed by atoms with E-state index in [1.807, 2.05) is 28.8 Å². The standard InChI is InChI=1S/C16H19N7O2/c1-11-18-14(22-25-11)16(7-3-4-8-16)19-15(24)17-10-13-21-20-12-6-2-5-9-23(12)13/h2,5-6,9H,3-4,7-8,10H2,1H3,(H2,17,19,24). The van der Waals surface area contributed by atoms with Crippen molar-refractivity contribution >= 4 is 11.7 Å². The zero-order chi connectivity index (χ0) is 17.3. The third-order valence-electron chi connectivity index (χ3n) is 4.56. The highest BCUT2D eigenvalue weighted by molar-refractivity contribution is 5.74. The number of carbonyl (C=O) groups excluding carboxylic acids is 1. The lowest BCUT2D eigenvalue weighted by Crippen LogP contribution is -2.49. The van der Waals surface area contributed by atoms with Crippen molar-refractivity contribution in [2.45, 2.75) is 44.7 Å². The van der Waals surface area contributed by atoms with Gasteiger partial charge < -0.3 is 15.2 Å². The second-order valence-electron chi connectivity index (χ2n) is 6.28. The summed E-state index contributed by atoms with van der Waals surface area (Å²) in [5.41, 5.74) is 0.184. The molecule has 3 heterocycles. The van der Waals surface area contributed by atoms with Crippen LogP contribution in [0.4, 0.5) is 4.79 Å². The number of rotatable bonds is 4. The predicted octanol–water partition coefficient (Wildman–Crippen LogP) is 1.69. The zero-order valence-electron chi connectivity index (χ0n) is 13.9. The largest absolute Gasteiger partial charge is 0.340 e. The van der Waals surface area contributed by atoms with Gasteiger partial charge in [0.15, 0.2) is 17.3 Å². The normalized spacial score (nSPS) is 16.2. The summed E-state index contributed by atoms with van der Waals surface area (Å²) >= 11 is 0. The Balaban J connectivity index is 1.45. The van der Waals surface area contributed by atoms with Crippen LogP contribution in [-0.4, -0.2) is 30.8 Å². The van der Waals surface area contributed by atoms with Gasteiger partial charge in [-0.2, -0.15) is 4.98 Å². The molecule has 2 amide bonds. The molecule has 0 aromatic carbocycles. The molecular formula is C16H19N7O2. The Hall–Kier alpha value is -2.97. The minimum absolute atomic E-state index is 0.276. The average molecular weight is 341 g/mol. The Bertz CT molecular complexity index is 895. The lowest BCUT2D eigenvalue weighted by molar-refractivity contribution is 0.220. The number of carbonyl (C=O) groups is 1. The third kappa shape index (κ3) is 2.92. The van der Waals surface area contributed by atoms with Crippen molar-refractivity contribution in [2.75, 3.05) is 0 Å². The summed E-state index contributed by atoms with van der Waals surface area (Å²) in [5, 5.41) is 18.1. The van der Waals surface area contributed by atoms with Crippen LogP contribution >= 0.6 is 0 Å². The first-order valence-corrected chi connectivity index (χ1v) is 8.32. The van der Waals surface area contributed by atoms with E-state index in [1.165, 1.54) is 0 Å². The minimum atomic E-state index is -0.561. The van der Waals surface area contributed by atoms with Crippen LogP contribution in [-0.2, 0) is 12.1 Å². The molecule has 9 nitrogen and oxygen atoms in total. The highest BCUT2D eigenvalue weighted by Crippen LogP contribution is 2.37. The molecule has 0 saturated heterocycles. The van der Waals surface area contributed by atoms with Gasteiger partial charge in [0.25, 0.3) is 0 Å². The van der Waals surface area contributed by atoms with E-state index in [2.05, 4.69) is 31.0 Å². The van der Waals surface area contributed by atoms with Gasteiger partial charge in [-0.3, -0.25) is 4.40 Å². The van der Waals surface area contributed by atoms with Gasteiger partial charge in [-0.05, 0) is 25.0 Å². The van der Waals surface area contributed by atoms with E-state index in [0.717, 1.165) is 31.3 Å². The molecule has 0 aliphatic heterocycles. The molecule has 0 atom stereocenters. The molecule has 4 rings (SSSR count). The van der Waals surface area contributed by atoms with E-state index >= 15 is 0 Å². The quantitative estimate of drug-likeness (QED) is 0.747. The smallest absolute Gasteiger partial charge is 0.315 e. The second kappa shape index (κ2) is 6.15. The number of fused-ring (bicyclic) bond motifs is 1. The maximum atomic E-state index is 12.4. The van der Waals surface area contributed by atoms with Gasteiger partial charge in [-0.25, -0.2) is 4.79 Å². The number of hydrogen-bond donors (Lipinski definition) is 2. The van der Waals surface area contributed by atoms with Gasteiger partial charge in [-0.1, -0.05) is 24.1 Å². The first kappa shape index (κ1) is 15.6. The topological polar surface area (TPSA) is 110 Å². The van der Waals surface area contributed by atoms with Gasteiger partial charge >= 0.3 is 6.03 Å². The van der Waals surface area contributed by atoms with E-state index in [4.69, 9.17) is 4.52 Å². The predicted molar refractivity (Wildman–Crippen MR) is 87.5 cm³/mol. The van der Waals surface area contributed by atoms with Crippen LogP contribution in [0, 0.1) is 6.92 Å². The van der Waals surface area contributed by atoms with Crippen LogP contribution in [0.15, 0.2) is 28.9 Å². The molecule has 1 fully saturated rings. The van der Waals surface area contributed by atoms with E-state index in [0.29, 0.717) is 17.5 Å². The summed E-state index contributed by atoms with van der Waals surface area (Å²) in [4.78, 5) is 16.8. The molecular weight excluding hydrogens is 322 g/mol. The van der Waals surface area contributed by atoms with Crippen molar-refractivity contribution in [3.8, 4) is 0 Å². The number of aromatic nitrogens is 5. The summed E-state index contributed by atoms with van der Waals surface area (Å²) in [7, 11) is 0. The fraction of sp³-hybridized carbons (Fsp3) is 0.438.